The Hall–Kier alpha value is -1.38. The summed E-state index contributed by atoms with van der Waals surface area (Å²) in [5, 5.41) is 16.5. The number of hydrogen-bond donors (Lipinski definition) is 2. The number of rotatable bonds is 6. The van der Waals surface area contributed by atoms with Crippen molar-refractivity contribution in [2.45, 2.75) is 32.8 Å². The third-order valence-electron chi connectivity index (χ3n) is 3.71. The molecule has 0 bridgehead atoms. The first-order chi connectivity index (χ1) is 9.50. The molecule has 0 amide bonds. The van der Waals surface area contributed by atoms with Gasteiger partial charge >= 0.3 is 0 Å². The molecule has 2 rings (SSSR count). The summed E-state index contributed by atoms with van der Waals surface area (Å²) in [6, 6.07) is 14.4. The second kappa shape index (κ2) is 6.38. The van der Waals surface area contributed by atoms with Crippen molar-refractivity contribution in [2.75, 3.05) is 13.1 Å². The summed E-state index contributed by atoms with van der Waals surface area (Å²) in [5.41, 5.74) is 0.215. The normalized spacial score (nSPS) is 14.7. The molecule has 108 valence electrons. The molecule has 2 nitrogen and oxygen atoms in total. The lowest BCUT2D eigenvalue weighted by Crippen LogP contribution is -2.29. The van der Waals surface area contributed by atoms with Crippen molar-refractivity contribution in [3.63, 3.8) is 0 Å². The maximum absolute atomic E-state index is 10.8. The fourth-order valence-electron chi connectivity index (χ4n) is 2.55. The molecule has 1 unspecified atom stereocenters. The molecule has 2 aromatic rings. The summed E-state index contributed by atoms with van der Waals surface area (Å²) >= 11 is 0. The van der Waals surface area contributed by atoms with E-state index in [4.69, 9.17) is 0 Å². The molecule has 0 aliphatic rings. The maximum Gasteiger partial charge on any atom is 0.0886 e. The first-order valence-corrected chi connectivity index (χ1v) is 7.42. The average molecular weight is 271 g/mol. The zero-order chi connectivity index (χ0) is 14.6. The van der Waals surface area contributed by atoms with E-state index < -0.39 is 5.60 Å². The van der Waals surface area contributed by atoms with E-state index in [1.165, 1.54) is 5.39 Å². The van der Waals surface area contributed by atoms with E-state index in [2.05, 4.69) is 37.4 Å². The number of benzene rings is 2. The Balaban J connectivity index is 2.15. The van der Waals surface area contributed by atoms with Crippen molar-refractivity contribution in [3.05, 3.63) is 48.0 Å². The molecule has 0 radical (unpaired) electrons. The van der Waals surface area contributed by atoms with E-state index in [9.17, 15) is 5.11 Å². The van der Waals surface area contributed by atoms with E-state index in [1.807, 2.05) is 31.2 Å². The Kier molecular flexibility index (Phi) is 4.79. The monoisotopic (exact) mass is 271 g/mol. The van der Waals surface area contributed by atoms with Crippen LogP contribution in [0.5, 0.6) is 0 Å². The molecular weight excluding hydrogens is 246 g/mol. The summed E-state index contributed by atoms with van der Waals surface area (Å²) in [7, 11) is 0. The molecule has 0 spiro atoms. The molecule has 0 fully saturated rings. The number of aliphatic hydroxyl groups is 1. The van der Waals surface area contributed by atoms with Crippen LogP contribution in [0.15, 0.2) is 42.5 Å². The molecule has 2 N–H and O–H groups in total. The highest BCUT2D eigenvalue weighted by Crippen LogP contribution is 2.30. The fraction of sp³-hybridized carbons (Fsp3) is 0.444. The van der Waals surface area contributed by atoms with Gasteiger partial charge in [-0.25, -0.2) is 0 Å². The Bertz CT molecular complexity index is 555. The van der Waals surface area contributed by atoms with Gasteiger partial charge in [-0.2, -0.15) is 0 Å². The summed E-state index contributed by atoms with van der Waals surface area (Å²) < 4.78 is 0. The summed E-state index contributed by atoms with van der Waals surface area (Å²) in [6.45, 7) is 8.11. The van der Waals surface area contributed by atoms with Gasteiger partial charge in [0.1, 0.15) is 0 Å². The first kappa shape index (κ1) is 15.0. The highest BCUT2D eigenvalue weighted by molar-refractivity contribution is 5.86. The Morgan fingerprint density at radius 2 is 1.80 bits per heavy atom. The van der Waals surface area contributed by atoms with Crippen molar-refractivity contribution in [1.82, 2.24) is 5.32 Å². The third-order valence-corrected chi connectivity index (χ3v) is 3.71. The lowest BCUT2D eigenvalue weighted by atomic mass is 9.88. The Morgan fingerprint density at radius 1 is 1.10 bits per heavy atom. The van der Waals surface area contributed by atoms with Crippen molar-refractivity contribution in [2.24, 2.45) is 5.92 Å². The van der Waals surface area contributed by atoms with Gasteiger partial charge in [-0.05, 0) is 48.7 Å². The van der Waals surface area contributed by atoms with Gasteiger partial charge in [-0.3, -0.25) is 0 Å². The predicted molar refractivity (Wildman–Crippen MR) is 85.8 cm³/mol. The molecular formula is C18H25NO. The van der Waals surface area contributed by atoms with Crippen LogP contribution in [0, 0.1) is 5.92 Å². The summed E-state index contributed by atoms with van der Waals surface area (Å²) in [5.74, 6) is 0.637. The largest absolute Gasteiger partial charge is 0.385 e. The molecule has 0 saturated carbocycles. The van der Waals surface area contributed by atoms with Crippen LogP contribution in [0.2, 0.25) is 0 Å². The van der Waals surface area contributed by atoms with E-state index in [0.29, 0.717) is 12.3 Å². The van der Waals surface area contributed by atoms with Crippen LogP contribution in [0.3, 0.4) is 0 Å². The molecule has 2 aromatic carbocycles. The molecule has 0 aliphatic heterocycles. The van der Waals surface area contributed by atoms with Crippen molar-refractivity contribution in [1.29, 1.82) is 0 Å². The van der Waals surface area contributed by atoms with Crippen molar-refractivity contribution >= 4 is 10.8 Å². The van der Waals surface area contributed by atoms with Gasteiger partial charge in [0.05, 0.1) is 5.60 Å². The van der Waals surface area contributed by atoms with Crippen LogP contribution in [0.4, 0.5) is 0 Å². The number of nitrogens with one attached hydrogen (secondary N) is 1. The standard InChI is InChI=1S/C18H25NO/c1-14(2)13-19-12-11-18(3,20)17-10-6-8-15-7-4-5-9-16(15)17/h4-10,14,19-20H,11-13H2,1-3H3. The number of hydrogen-bond acceptors (Lipinski definition) is 2. The highest BCUT2D eigenvalue weighted by atomic mass is 16.3. The minimum atomic E-state index is -0.801. The molecule has 20 heavy (non-hydrogen) atoms. The van der Waals surface area contributed by atoms with Crippen LogP contribution >= 0.6 is 0 Å². The summed E-state index contributed by atoms with van der Waals surface area (Å²) in [4.78, 5) is 0. The van der Waals surface area contributed by atoms with Gasteiger partial charge in [0.15, 0.2) is 0 Å². The average Bonchev–Trinajstić information content (AvgIpc) is 2.43. The minimum Gasteiger partial charge on any atom is -0.385 e. The lowest BCUT2D eigenvalue weighted by Gasteiger charge is -2.26. The van der Waals surface area contributed by atoms with Crippen LogP contribution in [0.1, 0.15) is 32.8 Å². The van der Waals surface area contributed by atoms with Gasteiger partial charge in [-0.1, -0.05) is 56.3 Å². The van der Waals surface area contributed by atoms with Gasteiger partial charge in [0.25, 0.3) is 0 Å². The van der Waals surface area contributed by atoms with Crippen LogP contribution in [-0.2, 0) is 5.60 Å². The van der Waals surface area contributed by atoms with E-state index >= 15 is 0 Å². The van der Waals surface area contributed by atoms with Gasteiger partial charge in [0, 0.05) is 0 Å². The molecule has 0 saturated heterocycles. The van der Waals surface area contributed by atoms with Crippen LogP contribution < -0.4 is 5.32 Å². The van der Waals surface area contributed by atoms with E-state index in [1.54, 1.807) is 0 Å². The molecule has 0 aromatic heterocycles. The summed E-state index contributed by atoms with van der Waals surface area (Å²) in [6.07, 6.45) is 0.716. The zero-order valence-corrected chi connectivity index (χ0v) is 12.7. The molecule has 0 aliphatic carbocycles. The Morgan fingerprint density at radius 3 is 2.55 bits per heavy atom. The molecule has 2 heteroatoms. The smallest absolute Gasteiger partial charge is 0.0886 e. The van der Waals surface area contributed by atoms with Crippen molar-refractivity contribution in [3.8, 4) is 0 Å². The van der Waals surface area contributed by atoms with Gasteiger partial charge in [0.2, 0.25) is 0 Å². The number of fused-ring (bicyclic) bond motifs is 1. The second-order valence-corrected chi connectivity index (χ2v) is 6.15. The fourth-order valence-corrected chi connectivity index (χ4v) is 2.55. The van der Waals surface area contributed by atoms with Gasteiger partial charge < -0.3 is 10.4 Å². The second-order valence-electron chi connectivity index (χ2n) is 6.15. The third kappa shape index (κ3) is 3.59. The van der Waals surface area contributed by atoms with Crippen LogP contribution in [-0.4, -0.2) is 18.2 Å². The highest BCUT2D eigenvalue weighted by Gasteiger charge is 2.24. The quantitative estimate of drug-likeness (QED) is 0.785. The molecule has 0 heterocycles. The van der Waals surface area contributed by atoms with Gasteiger partial charge in [-0.15, -0.1) is 0 Å². The first-order valence-electron chi connectivity index (χ1n) is 7.42. The maximum atomic E-state index is 10.8. The topological polar surface area (TPSA) is 32.3 Å². The lowest BCUT2D eigenvalue weighted by molar-refractivity contribution is 0.0494. The molecule has 1 atom stereocenters. The SMILES string of the molecule is CC(C)CNCCC(C)(O)c1cccc2ccccc12. The Labute approximate surface area is 121 Å². The van der Waals surface area contributed by atoms with E-state index in [0.717, 1.165) is 24.0 Å². The van der Waals surface area contributed by atoms with Crippen molar-refractivity contribution < 1.29 is 5.11 Å². The zero-order valence-electron chi connectivity index (χ0n) is 12.7. The van der Waals surface area contributed by atoms with E-state index in [-0.39, 0.29) is 0 Å². The van der Waals surface area contributed by atoms with Crippen LogP contribution in [0.25, 0.3) is 10.8 Å². The predicted octanol–water partition coefficient (Wildman–Crippen LogP) is 3.68. The minimum absolute atomic E-state index is 0.637.